The van der Waals surface area contributed by atoms with Crippen LogP contribution in [0.5, 0.6) is 0 Å². The molecule has 0 bridgehead atoms. The molecule has 0 unspecified atom stereocenters. The first-order valence-corrected chi connectivity index (χ1v) is 11.2. The van der Waals surface area contributed by atoms with Crippen LogP contribution in [0.3, 0.4) is 0 Å². The second-order valence-corrected chi connectivity index (χ2v) is 8.66. The van der Waals surface area contributed by atoms with Crippen LogP contribution in [0.4, 0.5) is 24.7 Å². The lowest BCUT2D eigenvalue weighted by atomic mass is 10.0. The minimum atomic E-state index is -4.37. The van der Waals surface area contributed by atoms with Gasteiger partial charge in [-0.05, 0) is 74.0 Å². The second kappa shape index (κ2) is 9.85. The van der Waals surface area contributed by atoms with E-state index in [0.29, 0.717) is 42.9 Å². The predicted octanol–water partition coefficient (Wildman–Crippen LogP) is 4.68. The molecule has 1 amide bonds. The number of benzene rings is 2. The van der Waals surface area contributed by atoms with E-state index in [1.54, 1.807) is 12.3 Å². The molecule has 0 aliphatic carbocycles. The SMILES string of the molecule is CN(C)CCNC(=O)c1cccc2c1CCN2c1cc(Cc2cccc(C(F)(F)F)c2)ccn1. The van der Waals surface area contributed by atoms with E-state index in [9.17, 15) is 18.0 Å². The summed E-state index contributed by atoms with van der Waals surface area (Å²) in [5.41, 5.74) is 3.39. The summed E-state index contributed by atoms with van der Waals surface area (Å²) in [6.45, 7) is 2.01. The Labute approximate surface area is 197 Å². The fraction of sp³-hybridized carbons (Fsp3) is 0.308. The molecule has 2 heterocycles. The van der Waals surface area contributed by atoms with Crippen molar-refractivity contribution < 1.29 is 18.0 Å². The van der Waals surface area contributed by atoms with Gasteiger partial charge in [0, 0.05) is 37.1 Å². The molecule has 0 radical (unpaired) electrons. The Morgan fingerprint density at radius 1 is 1.09 bits per heavy atom. The highest BCUT2D eigenvalue weighted by molar-refractivity contribution is 5.98. The van der Waals surface area contributed by atoms with Crippen LogP contribution < -0.4 is 10.2 Å². The van der Waals surface area contributed by atoms with E-state index < -0.39 is 11.7 Å². The van der Waals surface area contributed by atoms with Gasteiger partial charge in [-0.2, -0.15) is 13.2 Å². The van der Waals surface area contributed by atoms with E-state index in [0.717, 1.165) is 29.4 Å². The van der Waals surface area contributed by atoms with Crippen molar-refractivity contribution in [2.45, 2.75) is 19.0 Å². The number of carbonyl (C=O) groups excluding carboxylic acids is 1. The van der Waals surface area contributed by atoms with Gasteiger partial charge in [-0.3, -0.25) is 4.79 Å². The predicted molar refractivity (Wildman–Crippen MR) is 127 cm³/mol. The Bertz CT molecular complexity index is 1180. The molecular formula is C26H27F3N4O. The van der Waals surface area contributed by atoms with Crippen molar-refractivity contribution in [3.8, 4) is 0 Å². The van der Waals surface area contributed by atoms with E-state index >= 15 is 0 Å². The highest BCUT2D eigenvalue weighted by atomic mass is 19.4. The number of hydrogen-bond acceptors (Lipinski definition) is 4. The van der Waals surface area contributed by atoms with Crippen LogP contribution in [0.15, 0.2) is 60.8 Å². The number of anilines is 2. The molecule has 1 aliphatic heterocycles. The van der Waals surface area contributed by atoms with Gasteiger partial charge in [-0.1, -0.05) is 24.3 Å². The van der Waals surface area contributed by atoms with Gasteiger partial charge in [0.25, 0.3) is 5.91 Å². The van der Waals surface area contributed by atoms with Crippen molar-refractivity contribution in [3.05, 3.63) is 88.6 Å². The van der Waals surface area contributed by atoms with Gasteiger partial charge < -0.3 is 15.1 Å². The number of rotatable bonds is 7. The molecule has 0 atom stereocenters. The minimum Gasteiger partial charge on any atom is -0.351 e. The molecule has 8 heteroatoms. The van der Waals surface area contributed by atoms with Crippen LogP contribution in [0.1, 0.15) is 32.6 Å². The summed E-state index contributed by atoms with van der Waals surface area (Å²) in [6, 6.07) is 14.8. The molecule has 4 rings (SSSR count). The van der Waals surface area contributed by atoms with Crippen LogP contribution >= 0.6 is 0 Å². The first kappa shape index (κ1) is 23.8. The number of amides is 1. The van der Waals surface area contributed by atoms with Crippen molar-refractivity contribution in [3.63, 3.8) is 0 Å². The van der Waals surface area contributed by atoms with Gasteiger partial charge in [0.15, 0.2) is 0 Å². The Morgan fingerprint density at radius 2 is 1.85 bits per heavy atom. The highest BCUT2D eigenvalue weighted by Crippen LogP contribution is 2.36. The third kappa shape index (κ3) is 5.39. The smallest absolute Gasteiger partial charge is 0.351 e. The third-order valence-electron chi connectivity index (χ3n) is 5.87. The van der Waals surface area contributed by atoms with Crippen LogP contribution in [0.25, 0.3) is 0 Å². The minimum absolute atomic E-state index is 0.0909. The molecule has 0 saturated heterocycles. The van der Waals surface area contributed by atoms with Gasteiger partial charge in [0.1, 0.15) is 5.82 Å². The molecule has 1 N–H and O–H groups in total. The van der Waals surface area contributed by atoms with Crippen molar-refractivity contribution in [2.75, 3.05) is 38.6 Å². The first-order valence-electron chi connectivity index (χ1n) is 11.2. The summed E-state index contributed by atoms with van der Waals surface area (Å²) in [4.78, 5) is 21.3. The topological polar surface area (TPSA) is 48.5 Å². The van der Waals surface area contributed by atoms with Crippen LogP contribution in [0, 0.1) is 0 Å². The fourth-order valence-corrected chi connectivity index (χ4v) is 4.18. The van der Waals surface area contributed by atoms with Crippen LogP contribution in [-0.2, 0) is 19.0 Å². The van der Waals surface area contributed by atoms with Gasteiger partial charge in [-0.15, -0.1) is 0 Å². The summed E-state index contributed by atoms with van der Waals surface area (Å²) >= 11 is 0. The number of nitrogens with one attached hydrogen (secondary N) is 1. The average molecular weight is 469 g/mol. The van der Waals surface area contributed by atoms with Crippen molar-refractivity contribution >= 4 is 17.4 Å². The molecule has 1 aromatic heterocycles. The van der Waals surface area contributed by atoms with Crippen LogP contribution in [0.2, 0.25) is 0 Å². The molecule has 1 aliphatic rings. The van der Waals surface area contributed by atoms with Crippen molar-refractivity contribution in [1.82, 2.24) is 15.2 Å². The summed E-state index contributed by atoms with van der Waals surface area (Å²) in [7, 11) is 3.91. The van der Waals surface area contributed by atoms with E-state index in [2.05, 4.69) is 15.2 Å². The average Bonchev–Trinajstić information content (AvgIpc) is 3.23. The second-order valence-electron chi connectivity index (χ2n) is 8.66. The standard InChI is InChI=1S/C26H27F3N4O/c1-32(2)14-12-31-25(34)22-7-4-8-23-21(22)10-13-33(23)24-17-19(9-11-30-24)15-18-5-3-6-20(16-18)26(27,28)29/h3-9,11,16-17H,10,12-15H2,1-2H3,(H,31,34). The number of pyridine rings is 1. The summed E-state index contributed by atoms with van der Waals surface area (Å²) < 4.78 is 39.2. The molecular weight excluding hydrogens is 441 g/mol. The zero-order valence-corrected chi connectivity index (χ0v) is 19.2. The fourth-order valence-electron chi connectivity index (χ4n) is 4.18. The molecule has 3 aromatic rings. The van der Waals surface area contributed by atoms with Crippen LogP contribution in [-0.4, -0.2) is 49.5 Å². The maximum atomic E-state index is 13.1. The molecule has 34 heavy (non-hydrogen) atoms. The number of alkyl halides is 3. The maximum absolute atomic E-state index is 13.1. The normalized spacial score (nSPS) is 13.3. The first-order chi connectivity index (χ1) is 16.2. The van der Waals surface area contributed by atoms with Gasteiger partial charge in [0.05, 0.1) is 5.56 Å². The van der Waals surface area contributed by atoms with Gasteiger partial charge >= 0.3 is 6.18 Å². The number of carbonyl (C=O) groups is 1. The zero-order chi connectivity index (χ0) is 24.3. The largest absolute Gasteiger partial charge is 0.416 e. The van der Waals surface area contributed by atoms with E-state index in [4.69, 9.17) is 0 Å². The number of halogens is 3. The van der Waals surface area contributed by atoms with Gasteiger partial charge in [0.2, 0.25) is 0 Å². The number of hydrogen-bond donors (Lipinski definition) is 1. The number of likely N-dealkylation sites (N-methyl/N-ethyl adjacent to an activating group) is 1. The Kier molecular flexibility index (Phi) is 6.88. The summed E-state index contributed by atoms with van der Waals surface area (Å²) in [5, 5.41) is 2.97. The molecule has 0 saturated carbocycles. The lowest BCUT2D eigenvalue weighted by Gasteiger charge is -2.19. The summed E-state index contributed by atoms with van der Waals surface area (Å²) in [6.07, 6.45) is -1.61. The Balaban J connectivity index is 1.53. The quantitative estimate of drug-likeness (QED) is 0.547. The Hall–Kier alpha value is -3.39. The highest BCUT2D eigenvalue weighted by Gasteiger charge is 2.30. The summed E-state index contributed by atoms with van der Waals surface area (Å²) in [5.74, 6) is 0.625. The Morgan fingerprint density at radius 3 is 2.62 bits per heavy atom. The molecule has 178 valence electrons. The van der Waals surface area contributed by atoms with Crippen molar-refractivity contribution in [2.24, 2.45) is 0 Å². The van der Waals surface area contributed by atoms with E-state index in [1.807, 2.05) is 49.3 Å². The number of aromatic nitrogens is 1. The maximum Gasteiger partial charge on any atom is 0.416 e. The zero-order valence-electron chi connectivity index (χ0n) is 19.2. The lowest BCUT2D eigenvalue weighted by molar-refractivity contribution is -0.137. The van der Waals surface area contributed by atoms with E-state index in [1.165, 1.54) is 12.1 Å². The lowest BCUT2D eigenvalue weighted by Crippen LogP contribution is -2.31. The number of fused-ring (bicyclic) bond motifs is 1. The monoisotopic (exact) mass is 468 g/mol. The molecule has 5 nitrogen and oxygen atoms in total. The molecule has 0 spiro atoms. The van der Waals surface area contributed by atoms with Crippen molar-refractivity contribution in [1.29, 1.82) is 0 Å². The van der Waals surface area contributed by atoms with Gasteiger partial charge in [-0.25, -0.2) is 4.98 Å². The number of nitrogens with zero attached hydrogens (tertiary/aromatic N) is 3. The molecule has 0 fully saturated rings. The third-order valence-corrected chi connectivity index (χ3v) is 5.87. The molecule has 2 aromatic carbocycles. The van der Waals surface area contributed by atoms with E-state index in [-0.39, 0.29) is 5.91 Å².